The predicted octanol–water partition coefficient (Wildman–Crippen LogP) is 5.88. The number of Topliss-reactive ketones (excluding diaryl/α,β-unsaturated/α-hetero) is 1. The number of carbonyl (C=O) groups excluding carboxylic acids is 4. The Kier molecular flexibility index (Phi) is 11.6. The number of rotatable bonds is 13. The molecule has 0 radical (unpaired) electrons. The van der Waals surface area contributed by atoms with Crippen LogP contribution in [0.3, 0.4) is 0 Å². The van der Waals surface area contributed by atoms with Crippen LogP contribution in [0, 0.1) is 11.6 Å². The smallest absolute Gasteiger partial charge is 0.251 e. The van der Waals surface area contributed by atoms with Crippen molar-refractivity contribution < 1.29 is 28.0 Å². The molecule has 1 unspecified atom stereocenters. The summed E-state index contributed by atoms with van der Waals surface area (Å²) in [6.07, 6.45) is 2.54. The lowest BCUT2D eigenvalue weighted by Crippen LogP contribution is -2.53. The molecule has 1 saturated heterocycles. The SMILES string of the molecule is CCCC[C@H](NC(=O)C(Cc1c(F)cccc1F)NC(=O)c1ccc(-c2ccccc2Cl)cc1)C(=O)CC(=O)N1CCCC1. The first-order valence-corrected chi connectivity index (χ1v) is 15.2. The molecule has 7 nitrogen and oxygen atoms in total. The van der Waals surface area contributed by atoms with Crippen molar-refractivity contribution in [3.63, 3.8) is 0 Å². The second-order valence-corrected chi connectivity index (χ2v) is 11.3. The molecule has 44 heavy (non-hydrogen) atoms. The monoisotopic (exact) mass is 623 g/mol. The number of benzene rings is 3. The molecular weight excluding hydrogens is 588 g/mol. The Morgan fingerprint density at radius 2 is 1.52 bits per heavy atom. The highest BCUT2D eigenvalue weighted by Gasteiger charge is 2.30. The van der Waals surface area contributed by atoms with Gasteiger partial charge in [0.1, 0.15) is 17.7 Å². The standard InChI is InChI=1S/C34H36ClF2N3O4/c1-2-3-13-29(31(41)21-32(42)40-18-6-7-19-40)38-34(44)30(20-25-27(36)11-8-12-28(25)37)39-33(43)23-16-14-22(15-17-23)24-9-4-5-10-26(24)35/h4-5,8-12,14-17,29-30H,2-3,6-7,13,18-21H2,1H3,(H,38,44)(H,39,43)/t29-,30?/m0/s1. The molecule has 10 heteroatoms. The maximum Gasteiger partial charge on any atom is 0.251 e. The molecule has 1 aliphatic heterocycles. The zero-order valence-electron chi connectivity index (χ0n) is 24.6. The molecule has 3 amide bonds. The summed E-state index contributed by atoms with van der Waals surface area (Å²) in [7, 11) is 0. The van der Waals surface area contributed by atoms with Crippen LogP contribution in [0.2, 0.25) is 5.02 Å². The first-order chi connectivity index (χ1) is 21.2. The third-order valence-corrected chi connectivity index (χ3v) is 8.09. The minimum Gasteiger partial charge on any atom is -0.344 e. The van der Waals surface area contributed by atoms with Gasteiger partial charge in [0.2, 0.25) is 11.8 Å². The van der Waals surface area contributed by atoms with E-state index in [0.29, 0.717) is 24.5 Å². The number of halogens is 3. The average molecular weight is 624 g/mol. The van der Waals surface area contributed by atoms with Gasteiger partial charge in [-0.1, -0.05) is 67.8 Å². The van der Waals surface area contributed by atoms with Crippen LogP contribution in [0.4, 0.5) is 8.78 Å². The van der Waals surface area contributed by atoms with E-state index in [1.807, 2.05) is 25.1 Å². The summed E-state index contributed by atoms with van der Waals surface area (Å²) in [4.78, 5) is 54.4. The summed E-state index contributed by atoms with van der Waals surface area (Å²) >= 11 is 6.29. The maximum atomic E-state index is 14.6. The molecule has 2 atom stereocenters. The number of hydrogen-bond acceptors (Lipinski definition) is 4. The molecule has 3 aromatic carbocycles. The molecule has 232 valence electrons. The Morgan fingerprint density at radius 1 is 0.864 bits per heavy atom. The van der Waals surface area contributed by atoms with Crippen LogP contribution in [0.5, 0.6) is 0 Å². The summed E-state index contributed by atoms with van der Waals surface area (Å²) in [5.41, 5.74) is 1.39. The fraction of sp³-hybridized carbons (Fsp3) is 0.353. The van der Waals surface area contributed by atoms with E-state index in [-0.39, 0.29) is 29.9 Å². The number of ketones is 1. The molecule has 0 spiro atoms. The second kappa shape index (κ2) is 15.6. The third-order valence-electron chi connectivity index (χ3n) is 7.76. The topological polar surface area (TPSA) is 95.6 Å². The third kappa shape index (κ3) is 8.50. The van der Waals surface area contributed by atoms with E-state index < -0.39 is 47.7 Å². The molecule has 2 N–H and O–H groups in total. The number of nitrogens with zero attached hydrogens (tertiary/aromatic N) is 1. The summed E-state index contributed by atoms with van der Waals surface area (Å²) in [5.74, 6) is -3.89. The van der Waals surface area contributed by atoms with E-state index in [4.69, 9.17) is 11.6 Å². The molecule has 1 heterocycles. The minimum atomic E-state index is -1.41. The summed E-state index contributed by atoms with van der Waals surface area (Å²) in [5, 5.41) is 5.81. The lowest BCUT2D eigenvalue weighted by molar-refractivity contribution is -0.137. The molecule has 3 aromatic rings. The highest BCUT2D eigenvalue weighted by atomic mass is 35.5. The first kappa shape index (κ1) is 32.8. The van der Waals surface area contributed by atoms with Crippen LogP contribution < -0.4 is 10.6 Å². The number of unbranched alkanes of at least 4 members (excludes halogenated alkanes) is 1. The van der Waals surface area contributed by atoms with Crippen molar-refractivity contribution in [2.24, 2.45) is 0 Å². The Labute approximate surface area is 261 Å². The van der Waals surface area contributed by atoms with Gasteiger partial charge >= 0.3 is 0 Å². The van der Waals surface area contributed by atoms with E-state index in [0.717, 1.165) is 42.5 Å². The molecule has 0 aromatic heterocycles. The molecule has 0 bridgehead atoms. The van der Waals surface area contributed by atoms with Crippen molar-refractivity contribution >= 4 is 35.1 Å². The molecule has 0 aliphatic carbocycles. The van der Waals surface area contributed by atoms with Gasteiger partial charge in [0, 0.05) is 41.2 Å². The van der Waals surface area contributed by atoms with E-state index in [1.165, 1.54) is 6.07 Å². The summed E-state index contributed by atoms with van der Waals surface area (Å²) in [6.45, 7) is 3.12. The normalized spacial score (nSPS) is 14.1. The van der Waals surface area contributed by atoms with Crippen molar-refractivity contribution in [2.45, 2.75) is 64.0 Å². The largest absolute Gasteiger partial charge is 0.344 e. The van der Waals surface area contributed by atoms with Gasteiger partial charge in [-0.25, -0.2) is 8.78 Å². The van der Waals surface area contributed by atoms with Gasteiger partial charge < -0.3 is 15.5 Å². The van der Waals surface area contributed by atoms with Crippen LogP contribution in [0.15, 0.2) is 66.7 Å². The number of carbonyl (C=O) groups is 4. The zero-order valence-corrected chi connectivity index (χ0v) is 25.3. The molecule has 4 rings (SSSR count). The Bertz CT molecular complexity index is 1470. The van der Waals surface area contributed by atoms with E-state index in [9.17, 15) is 28.0 Å². The van der Waals surface area contributed by atoms with Gasteiger partial charge in [0.05, 0.1) is 12.5 Å². The van der Waals surface area contributed by atoms with Crippen molar-refractivity contribution in [1.82, 2.24) is 15.5 Å². The van der Waals surface area contributed by atoms with Crippen LogP contribution in [0.25, 0.3) is 11.1 Å². The molecule has 0 saturated carbocycles. The van der Waals surface area contributed by atoms with Gasteiger partial charge in [0.15, 0.2) is 5.78 Å². The molecule has 1 aliphatic rings. The van der Waals surface area contributed by atoms with Crippen LogP contribution in [-0.4, -0.2) is 53.6 Å². The lowest BCUT2D eigenvalue weighted by atomic mass is 9.99. The van der Waals surface area contributed by atoms with Crippen molar-refractivity contribution in [3.8, 4) is 11.1 Å². The second-order valence-electron chi connectivity index (χ2n) is 10.9. The van der Waals surface area contributed by atoms with Crippen molar-refractivity contribution in [2.75, 3.05) is 13.1 Å². The van der Waals surface area contributed by atoms with Crippen LogP contribution in [-0.2, 0) is 20.8 Å². The number of hydrogen-bond donors (Lipinski definition) is 2. The highest BCUT2D eigenvalue weighted by molar-refractivity contribution is 6.33. The van der Waals surface area contributed by atoms with Gasteiger partial charge in [-0.15, -0.1) is 0 Å². The fourth-order valence-electron chi connectivity index (χ4n) is 5.22. The molecular formula is C34H36ClF2N3O4. The first-order valence-electron chi connectivity index (χ1n) is 14.9. The fourth-order valence-corrected chi connectivity index (χ4v) is 5.47. The van der Waals surface area contributed by atoms with Gasteiger partial charge in [-0.3, -0.25) is 19.2 Å². The number of nitrogens with one attached hydrogen (secondary N) is 2. The van der Waals surface area contributed by atoms with Gasteiger partial charge in [-0.2, -0.15) is 0 Å². The Hall–Kier alpha value is -4.11. The van der Waals surface area contributed by atoms with E-state index in [1.54, 1.807) is 35.2 Å². The van der Waals surface area contributed by atoms with Crippen molar-refractivity contribution in [1.29, 1.82) is 0 Å². The Balaban J connectivity index is 1.54. The van der Waals surface area contributed by atoms with Gasteiger partial charge in [-0.05, 0) is 55.2 Å². The predicted molar refractivity (Wildman–Crippen MR) is 165 cm³/mol. The maximum absolute atomic E-state index is 14.6. The summed E-state index contributed by atoms with van der Waals surface area (Å²) in [6, 6.07) is 14.7. The summed E-state index contributed by atoms with van der Waals surface area (Å²) < 4.78 is 29.3. The number of amides is 3. The zero-order chi connectivity index (χ0) is 31.6. The van der Waals surface area contributed by atoms with Crippen molar-refractivity contribution in [3.05, 3.63) is 94.5 Å². The van der Waals surface area contributed by atoms with Crippen LogP contribution >= 0.6 is 11.6 Å². The van der Waals surface area contributed by atoms with E-state index in [2.05, 4.69) is 10.6 Å². The van der Waals surface area contributed by atoms with Crippen LogP contribution in [0.1, 0.15) is 61.4 Å². The Morgan fingerprint density at radius 3 is 2.16 bits per heavy atom. The quantitative estimate of drug-likeness (QED) is 0.232. The van der Waals surface area contributed by atoms with E-state index >= 15 is 0 Å². The molecule has 1 fully saturated rings. The average Bonchev–Trinajstić information content (AvgIpc) is 3.56. The van der Waals surface area contributed by atoms with Gasteiger partial charge in [0.25, 0.3) is 5.91 Å². The number of likely N-dealkylation sites (tertiary alicyclic amines) is 1. The lowest BCUT2D eigenvalue weighted by Gasteiger charge is -2.24. The highest BCUT2D eigenvalue weighted by Crippen LogP contribution is 2.27. The minimum absolute atomic E-state index is 0.211.